The minimum Gasteiger partial charge on any atom is -0.352 e. The molecule has 1 aliphatic rings. The first-order chi connectivity index (χ1) is 6.77. The van der Waals surface area contributed by atoms with Crippen LogP contribution in [0.1, 0.15) is 36.4 Å². The van der Waals surface area contributed by atoms with Crippen LogP contribution in [-0.4, -0.2) is 11.5 Å². The molecule has 2 nitrogen and oxygen atoms in total. The van der Waals surface area contributed by atoms with Crippen molar-refractivity contribution in [2.75, 3.05) is 6.54 Å². The van der Waals surface area contributed by atoms with E-state index in [0.717, 1.165) is 11.2 Å². The minimum absolute atomic E-state index is 0.522. The van der Waals surface area contributed by atoms with Crippen LogP contribution < -0.4 is 5.32 Å². The second kappa shape index (κ2) is 4.24. The highest BCUT2D eigenvalue weighted by atomic mass is 32.1. The van der Waals surface area contributed by atoms with Crippen molar-refractivity contribution >= 4 is 12.2 Å². The third-order valence-electron chi connectivity index (χ3n) is 2.82. The normalized spacial score (nSPS) is 22.2. The number of aromatic nitrogens is 1. The zero-order valence-corrected chi connectivity index (χ0v) is 9.29. The highest BCUT2D eigenvalue weighted by Crippen LogP contribution is 2.22. The molecule has 0 saturated carbocycles. The van der Waals surface area contributed by atoms with Crippen LogP contribution in [0, 0.1) is 11.6 Å². The Morgan fingerprint density at radius 2 is 2.29 bits per heavy atom. The molecule has 2 N–H and O–H groups in total. The van der Waals surface area contributed by atoms with Crippen LogP contribution in [-0.2, 0) is 0 Å². The van der Waals surface area contributed by atoms with Crippen LogP contribution in [0.15, 0.2) is 12.3 Å². The number of pyridine rings is 1. The van der Waals surface area contributed by atoms with E-state index < -0.39 is 0 Å². The Labute approximate surface area is 89.7 Å². The highest BCUT2D eigenvalue weighted by Gasteiger charge is 2.14. The molecule has 0 radical (unpaired) electrons. The average molecular weight is 208 g/mol. The highest BCUT2D eigenvalue weighted by molar-refractivity contribution is 7.71. The lowest BCUT2D eigenvalue weighted by Crippen LogP contribution is -2.26. The van der Waals surface area contributed by atoms with Gasteiger partial charge in [-0.25, -0.2) is 0 Å². The number of aromatic amines is 1. The second-order valence-corrected chi connectivity index (χ2v) is 4.36. The van der Waals surface area contributed by atoms with Gasteiger partial charge in [-0.15, -0.1) is 0 Å². The maximum Gasteiger partial charge on any atom is 0.106 e. The fourth-order valence-corrected chi connectivity index (χ4v) is 2.08. The molecule has 1 aromatic rings. The summed E-state index contributed by atoms with van der Waals surface area (Å²) in [6.45, 7) is 3.20. The van der Waals surface area contributed by atoms with E-state index >= 15 is 0 Å². The number of aryl methyl sites for hydroxylation is 1. The number of piperidine rings is 1. The van der Waals surface area contributed by atoms with Gasteiger partial charge in [-0.05, 0) is 37.4 Å². The first-order valence-electron chi connectivity index (χ1n) is 5.20. The minimum atomic E-state index is 0.522. The Balaban J connectivity index is 2.22. The molecule has 14 heavy (non-hydrogen) atoms. The van der Waals surface area contributed by atoms with Gasteiger partial charge in [-0.3, -0.25) is 0 Å². The van der Waals surface area contributed by atoms with Gasteiger partial charge in [0.2, 0.25) is 0 Å². The number of rotatable bonds is 1. The zero-order valence-electron chi connectivity index (χ0n) is 8.47. The van der Waals surface area contributed by atoms with Gasteiger partial charge in [0.15, 0.2) is 0 Å². The maximum atomic E-state index is 5.14. The summed E-state index contributed by atoms with van der Waals surface area (Å²) in [5.41, 5.74) is 2.51. The summed E-state index contributed by atoms with van der Waals surface area (Å²) < 4.78 is 0.851. The van der Waals surface area contributed by atoms with Gasteiger partial charge >= 0.3 is 0 Å². The molecule has 2 rings (SSSR count). The third-order valence-corrected chi connectivity index (χ3v) is 3.26. The SMILES string of the molecule is Cc1cc(C2CCCCN2)c[nH]c1=S. The maximum absolute atomic E-state index is 5.14. The molecular weight excluding hydrogens is 192 g/mol. The Kier molecular flexibility index (Phi) is 2.99. The van der Waals surface area contributed by atoms with Gasteiger partial charge < -0.3 is 10.3 Å². The third kappa shape index (κ3) is 2.04. The van der Waals surface area contributed by atoms with Gasteiger partial charge in [0, 0.05) is 12.2 Å². The topological polar surface area (TPSA) is 27.8 Å². The first kappa shape index (κ1) is 9.87. The van der Waals surface area contributed by atoms with Crippen LogP contribution in [0.4, 0.5) is 0 Å². The van der Waals surface area contributed by atoms with Crippen molar-refractivity contribution in [3.8, 4) is 0 Å². The summed E-state index contributed by atoms with van der Waals surface area (Å²) >= 11 is 5.14. The fourth-order valence-electron chi connectivity index (χ4n) is 1.96. The molecule has 0 bridgehead atoms. The van der Waals surface area contributed by atoms with Crippen molar-refractivity contribution in [2.24, 2.45) is 0 Å². The number of hydrogen-bond donors (Lipinski definition) is 2. The van der Waals surface area contributed by atoms with E-state index in [1.54, 1.807) is 0 Å². The van der Waals surface area contributed by atoms with Crippen molar-refractivity contribution < 1.29 is 0 Å². The lowest BCUT2D eigenvalue weighted by atomic mass is 9.98. The second-order valence-electron chi connectivity index (χ2n) is 3.95. The zero-order chi connectivity index (χ0) is 9.97. The molecule has 1 fully saturated rings. The largest absolute Gasteiger partial charge is 0.352 e. The van der Waals surface area contributed by atoms with E-state index in [-0.39, 0.29) is 0 Å². The Hall–Kier alpha value is -0.670. The van der Waals surface area contributed by atoms with Gasteiger partial charge in [-0.2, -0.15) is 0 Å². The van der Waals surface area contributed by atoms with Crippen LogP contribution in [0.25, 0.3) is 0 Å². The van der Waals surface area contributed by atoms with E-state index in [1.807, 2.05) is 6.20 Å². The van der Waals surface area contributed by atoms with Crippen molar-refractivity contribution in [1.29, 1.82) is 0 Å². The molecule has 1 atom stereocenters. The van der Waals surface area contributed by atoms with Crippen molar-refractivity contribution in [1.82, 2.24) is 10.3 Å². The number of H-pyrrole nitrogens is 1. The fraction of sp³-hybridized carbons (Fsp3) is 0.545. The van der Waals surface area contributed by atoms with E-state index in [9.17, 15) is 0 Å². The van der Waals surface area contributed by atoms with E-state index in [4.69, 9.17) is 12.2 Å². The summed E-state index contributed by atoms with van der Waals surface area (Å²) in [6, 6.07) is 2.72. The summed E-state index contributed by atoms with van der Waals surface area (Å²) in [7, 11) is 0. The Morgan fingerprint density at radius 1 is 1.43 bits per heavy atom. The van der Waals surface area contributed by atoms with Crippen molar-refractivity contribution in [3.05, 3.63) is 28.0 Å². The summed E-state index contributed by atoms with van der Waals surface area (Å²) in [5, 5.41) is 3.53. The van der Waals surface area contributed by atoms with Crippen molar-refractivity contribution in [3.63, 3.8) is 0 Å². The molecular formula is C11H16N2S. The molecule has 0 aromatic carbocycles. The molecule has 1 unspecified atom stereocenters. The van der Waals surface area contributed by atoms with E-state index in [1.165, 1.54) is 30.4 Å². The lowest BCUT2D eigenvalue weighted by molar-refractivity contribution is 0.411. The Bertz CT molecular complexity index is 364. The lowest BCUT2D eigenvalue weighted by Gasteiger charge is -2.23. The number of nitrogens with one attached hydrogen (secondary N) is 2. The molecule has 3 heteroatoms. The van der Waals surface area contributed by atoms with E-state index in [0.29, 0.717) is 6.04 Å². The van der Waals surface area contributed by atoms with Crippen LogP contribution in [0.5, 0.6) is 0 Å². The molecule has 0 amide bonds. The van der Waals surface area contributed by atoms with Crippen molar-refractivity contribution in [2.45, 2.75) is 32.2 Å². The Morgan fingerprint density at radius 3 is 2.93 bits per heavy atom. The van der Waals surface area contributed by atoms with Crippen LogP contribution >= 0.6 is 12.2 Å². The average Bonchev–Trinajstić information content (AvgIpc) is 2.23. The molecule has 0 spiro atoms. The molecule has 76 valence electrons. The predicted molar refractivity (Wildman–Crippen MR) is 61.0 cm³/mol. The van der Waals surface area contributed by atoms with Crippen LogP contribution in [0.3, 0.4) is 0 Å². The first-order valence-corrected chi connectivity index (χ1v) is 5.61. The predicted octanol–water partition coefficient (Wildman–Crippen LogP) is 2.87. The van der Waals surface area contributed by atoms with E-state index in [2.05, 4.69) is 23.3 Å². The van der Waals surface area contributed by atoms with Gasteiger partial charge in [-0.1, -0.05) is 24.7 Å². The smallest absolute Gasteiger partial charge is 0.106 e. The standard InChI is InChI=1S/C11H16N2S/c1-8-6-9(7-13-11(8)14)10-4-2-3-5-12-10/h6-7,10,12H,2-5H2,1H3,(H,13,14). The summed E-state index contributed by atoms with van der Waals surface area (Å²) in [6.07, 6.45) is 5.91. The molecule has 1 aliphatic heterocycles. The summed E-state index contributed by atoms with van der Waals surface area (Å²) in [4.78, 5) is 3.14. The van der Waals surface area contributed by atoms with Gasteiger partial charge in [0.1, 0.15) is 4.64 Å². The molecule has 0 aliphatic carbocycles. The quantitative estimate of drug-likeness (QED) is 0.695. The van der Waals surface area contributed by atoms with Gasteiger partial charge in [0.05, 0.1) is 0 Å². The molecule has 2 heterocycles. The number of hydrogen-bond acceptors (Lipinski definition) is 2. The van der Waals surface area contributed by atoms with Crippen LogP contribution in [0.2, 0.25) is 0 Å². The monoisotopic (exact) mass is 208 g/mol. The van der Waals surface area contributed by atoms with Gasteiger partial charge in [0.25, 0.3) is 0 Å². The summed E-state index contributed by atoms with van der Waals surface area (Å²) in [5.74, 6) is 0. The molecule has 1 saturated heterocycles. The molecule has 1 aromatic heterocycles.